The van der Waals surface area contributed by atoms with E-state index in [1.54, 1.807) is 0 Å². The number of fused-ring (bicyclic) bond motifs is 3. The Kier molecular flexibility index (Phi) is 4.45. The number of aliphatic hydroxyl groups is 1. The molecule has 4 rings (SSSR count). The van der Waals surface area contributed by atoms with Crippen molar-refractivity contribution in [3.05, 3.63) is 59.7 Å². The van der Waals surface area contributed by atoms with Crippen LogP contribution in [0.25, 0.3) is 11.1 Å². The smallest absolute Gasteiger partial charge is 0.407 e. The quantitative estimate of drug-likeness (QED) is 0.847. The standard InChI is InChI=1S/C21H23NO3/c23-12-15(14-9-10-14)11-22-21(24)25-13-20-18-7-3-1-5-16(18)17-6-2-4-8-19(17)20/h1-8,14-15,20,23H,9-13H2,(H,22,24). The van der Waals surface area contributed by atoms with Crippen molar-refractivity contribution in [2.75, 3.05) is 19.8 Å². The Balaban J connectivity index is 1.40. The van der Waals surface area contributed by atoms with Crippen molar-refractivity contribution >= 4 is 6.09 Å². The predicted molar refractivity (Wildman–Crippen MR) is 96.4 cm³/mol. The Hall–Kier alpha value is -2.33. The van der Waals surface area contributed by atoms with Crippen LogP contribution in [0.15, 0.2) is 48.5 Å². The lowest BCUT2D eigenvalue weighted by atomic mass is 9.98. The van der Waals surface area contributed by atoms with Gasteiger partial charge in [-0.2, -0.15) is 0 Å². The van der Waals surface area contributed by atoms with Crippen molar-refractivity contribution < 1.29 is 14.6 Å². The van der Waals surface area contributed by atoms with E-state index in [0.29, 0.717) is 19.1 Å². The van der Waals surface area contributed by atoms with Crippen LogP contribution in [-0.2, 0) is 4.74 Å². The zero-order valence-electron chi connectivity index (χ0n) is 14.2. The molecule has 0 aliphatic heterocycles. The second-order valence-corrected chi connectivity index (χ2v) is 6.99. The van der Waals surface area contributed by atoms with Crippen LogP contribution in [0.1, 0.15) is 29.9 Å². The first-order valence-electron chi connectivity index (χ1n) is 8.97. The van der Waals surface area contributed by atoms with E-state index in [1.807, 2.05) is 24.3 Å². The third kappa shape index (κ3) is 3.27. The highest BCUT2D eigenvalue weighted by molar-refractivity contribution is 5.79. The lowest BCUT2D eigenvalue weighted by molar-refractivity contribution is 0.136. The van der Waals surface area contributed by atoms with E-state index in [4.69, 9.17) is 4.74 Å². The molecule has 1 saturated carbocycles. The van der Waals surface area contributed by atoms with E-state index in [2.05, 4.69) is 29.6 Å². The Morgan fingerprint density at radius 2 is 1.68 bits per heavy atom. The van der Waals surface area contributed by atoms with Crippen molar-refractivity contribution in [1.29, 1.82) is 0 Å². The monoisotopic (exact) mass is 337 g/mol. The van der Waals surface area contributed by atoms with Crippen LogP contribution in [0.4, 0.5) is 4.79 Å². The summed E-state index contributed by atoms with van der Waals surface area (Å²) in [5.74, 6) is 0.787. The van der Waals surface area contributed by atoms with Crippen molar-refractivity contribution in [2.24, 2.45) is 11.8 Å². The Morgan fingerprint density at radius 3 is 2.24 bits per heavy atom. The van der Waals surface area contributed by atoms with Crippen molar-refractivity contribution in [3.8, 4) is 11.1 Å². The molecule has 1 atom stereocenters. The first kappa shape index (κ1) is 16.2. The minimum atomic E-state index is -0.402. The molecule has 4 heteroatoms. The largest absolute Gasteiger partial charge is 0.449 e. The van der Waals surface area contributed by atoms with Gasteiger partial charge in [0, 0.05) is 25.0 Å². The second kappa shape index (κ2) is 6.89. The Labute approximate surface area is 147 Å². The Bertz CT molecular complexity index is 724. The van der Waals surface area contributed by atoms with Crippen LogP contribution >= 0.6 is 0 Å². The molecular weight excluding hydrogens is 314 g/mol. The van der Waals surface area contributed by atoms with E-state index < -0.39 is 6.09 Å². The molecule has 25 heavy (non-hydrogen) atoms. The molecule has 2 aromatic carbocycles. The van der Waals surface area contributed by atoms with Crippen LogP contribution in [0.5, 0.6) is 0 Å². The van der Waals surface area contributed by atoms with Gasteiger partial charge in [0.15, 0.2) is 0 Å². The molecule has 2 aliphatic rings. The molecule has 2 N–H and O–H groups in total. The first-order chi connectivity index (χ1) is 12.3. The summed E-state index contributed by atoms with van der Waals surface area (Å²) >= 11 is 0. The van der Waals surface area contributed by atoms with Crippen LogP contribution in [0.2, 0.25) is 0 Å². The fourth-order valence-electron chi connectivity index (χ4n) is 3.81. The van der Waals surface area contributed by atoms with Crippen molar-refractivity contribution in [2.45, 2.75) is 18.8 Å². The molecule has 0 aromatic heterocycles. The van der Waals surface area contributed by atoms with E-state index in [0.717, 1.165) is 12.8 Å². The third-order valence-corrected chi connectivity index (χ3v) is 5.38. The van der Waals surface area contributed by atoms with Gasteiger partial charge < -0.3 is 15.2 Å². The second-order valence-electron chi connectivity index (χ2n) is 6.99. The van der Waals surface area contributed by atoms with Crippen molar-refractivity contribution in [1.82, 2.24) is 5.32 Å². The number of nitrogens with one attached hydrogen (secondary N) is 1. The van der Waals surface area contributed by atoms with Crippen LogP contribution in [-0.4, -0.2) is 31.0 Å². The number of ether oxygens (including phenoxy) is 1. The topological polar surface area (TPSA) is 58.6 Å². The molecule has 2 aromatic rings. The summed E-state index contributed by atoms with van der Waals surface area (Å²) in [5.41, 5.74) is 4.87. The number of alkyl carbamates (subject to hydrolysis) is 1. The number of carbonyl (C=O) groups excluding carboxylic acids is 1. The molecule has 130 valence electrons. The zero-order valence-corrected chi connectivity index (χ0v) is 14.2. The van der Waals surface area contributed by atoms with E-state index >= 15 is 0 Å². The molecule has 0 heterocycles. The summed E-state index contributed by atoms with van der Waals surface area (Å²) < 4.78 is 5.50. The van der Waals surface area contributed by atoms with Gasteiger partial charge in [0.1, 0.15) is 6.61 Å². The lowest BCUT2D eigenvalue weighted by Gasteiger charge is -2.16. The molecule has 1 amide bonds. The minimum Gasteiger partial charge on any atom is -0.449 e. The normalized spacial score (nSPS) is 16.8. The lowest BCUT2D eigenvalue weighted by Crippen LogP contribution is -2.33. The third-order valence-electron chi connectivity index (χ3n) is 5.38. The number of amides is 1. The minimum absolute atomic E-state index is 0.0789. The maximum atomic E-state index is 12.1. The SMILES string of the molecule is O=C(NCC(CO)C1CC1)OCC1c2ccccc2-c2ccccc21. The van der Waals surface area contributed by atoms with Gasteiger partial charge in [-0.1, -0.05) is 48.5 Å². The van der Waals surface area contributed by atoms with E-state index in [1.165, 1.54) is 22.3 Å². The van der Waals surface area contributed by atoms with Gasteiger partial charge in [0.25, 0.3) is 0 Å². The number of carbonyl (C=O) groups is 1. The highest BCUT2D eigenvalue weighted by atomic mass is 16.5. The molecule has 4 nitrogen and oxygen atoms in total. The Morgan fingerprint density at radius 1 is 1.08 bits per heavy atom. The highest BCUT2D eigenvalue weighted by Crippen LogP contribution is 2.44. The molecule has 0 radical (unpaired) electrons. The van der Waals surface area contributed by atoms with Gasteiger partial charge in [0.05, 0.1) is 0 Å². The van der Waals surface area contributed by atoms with Crippen LogP contribution in [0, 0.1) is 11.8 Å². The average molecular weight is 337 g/mol. The van der Waals surface area contributed by atoms with Gasteiger partial charge in [-0.15, -0.1) is 0 Å². The molecule has 2 aliphatic carbocycles. The summed E-state index contributed by atoms with van der Waals surface area (Å²) in [5, 5.41) is 12.2. The molecular formula is C21H23NO3. The predicted octanol–water partition coefficient (Wildman–Crippen LogP) is 3.54. The first-order valence-corrected chi connectivity index (χ1v) is 8.97. The zero-order chi connectivity index (χ0) is 17.2. The fourth-order valence-corrected chi connectivity index (χ4v) is 3.81. The number of hydrogen-bond donors (Lipinski definition) is 2. The van der Waals surface area contributed by atoms with E-state index in [9.17, 15) is 9.90 Å². The number of aliphatic hydroxyl groups excluding tert-OH is 1. The number of hydrogen-bond acceptors (Lipinski definition) is 3. The highest BCUT2D eigenvalue weighted by Gasteiger charge is 2.31. The number of benzene rings is 2. The molecule has 1 fully saturated rings. The summed E-state index contributed by atoms with van der Waals surface area (Å²) in [6, 6.07) is 16.6. The van der Waals surface area contributed by atoms with E-state index in [-0.39, 0.29) is 18.4 Å². The molecule has 0 bridgehead atoms. The van der Waals surface area contributed by atoms with Gasteiger partial charge in [-0.05, 0) is 41.0 Å². The summed E-state index contributed by atoms with van der Waals surface area (Å²) in [4.78, 5) is 12.1. The summed E-state index contributed by atoms with van der Waals surface area (Å²) in [6.45, 7) is 0.930. The van der Waals surface area contributed by atoms with Gasteiger partial charge in [-0.3, -0.25) is 0 Å². The number of rotatable bonds is 6. The van der Waals surface area contributed by atoms with Crippen molar-refractivity contribution in [3.63, 3.8) is 0 Å². The summed E-state index contributed by atoms with van der Waals surface area (Å²) in [7, 11) is 0. The molecule has 0 saturated heterocycles. The van der Waals surface area contributed by atoms with Gasteiger partial charge >= 0.3 is 6.09 Å². The fraction of sp³-hybridized carbons (Fsp3) is 0.381. The molecule has 1 unspecified atom stereocenters. The maximum Gasteiger partial charge on any atom is 0.407 e. The summed E-state index contributed by atoms with van der Waals surface area (Å²) in [6.07, 6.45) is 1.90. The average Bonchev–Trinajstić information content (AvgIpc) is 3.43. The van der Waals surface area contributed by atoms with Crippen LogP contribution in [0.3, 0.4) is 0 Å². The van der Waals surface area contributed by atoms with Gasteiger partial charge in [0.2, 0.25) is 0 Å². The van der Waals surface area contributed by atoms with Crippen LogP contribution < -0.4 is 5.32 Å². The van der Waals surface area contributed by atoms with Gasteiger partial charge in [-0.25, -0.2) is 4.79 Å². The molecule has 0 spiro atoms. The maximum absolute atomic E-state index is 12.1.